The zero-order valence-electron chi connectivity index (χ0n) is 8.27. The van der Waals surface area contributed by atoms with Gasteiger partial charge in [-0.2, -0.15) is 0 Å². The summed E-state index contributed by atoms with van der Waals surface area (Å²) in [4.78, 5) is 11.2. The van der Waals surface area contributed by atoms with Crippen LogP contribution in [0.25, 0.3) is 0 Å². The molecule has 0 bridgehead atoms. The summed E-state index contributed by atoms with van der Waals surface area (Å²) in [6.45, 7) is 2.09. The normalized spacial score (nSPS) is 27.1. The molecule has 0 radical (unpaired) electrons. The molecule has 1 saturated heterocycles. The molecule has 74 valence electrons. The van der Waals surface area contributed by atoms with Crippen LogP contribution in [-0.2, 0) is 9.53 Å². The Morgan fingerprint density at radius 1 is 1.29 bits per heavy atom. The lowest BCUT2D eigenvalue weighted by atomic mass is 9.93. The molecule has 1 aliphatic heterocycles. The van der Waals surface area contributed by atoms with E-state index in [-0.39, 0.29) is 12.1 Å². The molecule has 2 nitrogen and oxygen atoms in total. The van der Waals surface area contributed by atoms with E-state index in [0.29, 0.717) is 12.3 Å². The van der Waals surface area contributed by atoms with E-state index in [0.717, 1.165) is 12.0 Å². The molecule has 2 atom stereocenters. The van der Waals surface area contributed by atoms with Gasteiger partial charge in [0.05, 0.1) is 0 Å². The number of ether oxygens (including phenoxy) is 1. The minimum atomic E-state index is -0.0717. The second-order valence-electron chi connectivity index (χ2n) is 3.93. The molecular formula is C12H14O2. The number of carbonyl (C=O) groups is 1. The van der Waals surface area contributed by atoms with E-state index in [1.165, 1.54) is 0 Å². The van der Waals surface area contributed by atoms with Crippen molar-refractivity contribution in [1.82, 2.24) is 0 Å². The lowest BCUT2D eigenvalue weighted by molar-refractivity contribution is -0.156. The van der Waals surface area contributed by atoms with Crippen LogP contribution in [0, 0.1) is 5.92 Å². The number of rotatable bonds is 1. The highest BCUT2D eigenvalue weighted by Gasteiger charge is 2.26. The quantitative estimate of drug-likeness (QED) is 0.636. The number of hydrogen-bond acceptors (Lipinski definition) is 2. The largest absolute Gasteiger partial charge is 0.457 e. The van der Waals surface area contributed by atoms with Crippen LogP contribution in [0.4, 0.5) is 0 Å². The lowest BCUT2D eigenvalue weighted by Gasteiger charge is -2.26. The first-order chi connectivity index (χ1) is 6.75. The fraction of sp³-hybridized carbons (Fsp3) is 0.417. The molecule has 2 rings (SSSR count). The third-order valence-electron chi connectivity index (χ3n) is 2.58. The highest BCUT2D eigenvalue weighted by Crippen LogP contribution is 2.31. The monoisotopic (exact) mass is 190 g/mol. The molecule has 0 saturated carbocycles. The van der Waals surface area contributed by atoms with Gasteiger partial charge in [0.25, 0.3) is 0 Å². The standard InChI is InChI=1S/C12H14O2/c1-9-7-11(14-12(13)8-9)10-5-3-2-4-6-10/h2-6,9,11H,7-8H2,1H3/t9-,11+/m1/s1. The van der Waals surface area contributed by atoms with Gasteiger partial charge in [-0.25, -0.2) is 0 Å². The second kappa shape index (κ2) is 3.82. The summed E-state index contributed by atoms with van der Waals surface area (Å²) in [5.74, 6) is 0.360. The molecule has 2 heteroatoms. The van der Waals surface area contributed by atoms with Gasteiger partial charge in [0.2, 0.25) is 0 Å². The third kappa shape index (κ3) is 1.95. The lowest BCUT2D eigenvalue weighted by Crippen LogP contribution is -2.22. The Hall–Kier alpha value is -1.31. The van der Waals surface area contributed by atoms with Crippen molar-refractivity contribution in [2.75, 3.05) is 0 Å². The Bertz CT molecular complexity index is 318. The minimum absolute atomic E-state index is 0.0348. The van der Waals surface area contributed by atoms with Gasteiger partial charge >= 0.3 is 5.97 Å². The molecule has 1 aromatic rings. The van der Waals surface area contributed by atoms with Crippen molar-refractivity contribution in [2.24, 2.45) is 5.92 Å². The Morgan fingerprint density at radius 3 is 2.64 bits per heavy atom. The van der Waals surface area contributed by atoms with Crippen molar-refractivity contribution in [1.29, 1.82) is 0 Å². The highest BCUT2D eigenvalue weighted by atomic mass is 16.5. The zero-order chi connectivity index (χ0) is 9.97. The average Bonchev–Trinajstić information content (AvgIpc) is 2.18. The van der Waals surface area contributed by atoms with Crippen molar-refractivity contribution < 1.29 is 9.53 Å². The molecule has 0 unspecified atom stereocenters. The molecule has 0 aliphatic carbocycles. The molecule has 14 heavy (non-hydrogen) atoms. The first-order valence-corrected chi connectivity index (χ1v) is 5.00. The van der Waals surface area contributed by atoms with Gasteiger partial charge < -0.3 is 4.74 Å². The Kier molecular flexibility index (Phi) is 2.53. The molecule has 1 aromatic carbocycles. The van der Waals surface area contributed by atoms with Crippen LogP contribution in [0.15, 0.2) is 30.3 Å². The summed E-state index contributed by atoms with van der Waals surface area (Å²) in [7, 11) is 0. The maximum Gasteiger partial charge on any atom is 0.306 e. The predicted octanol–water partition coefficient (Wildman–Crippen LogP) is 2.70. The van der Waals surface area contributed by atoms with Gasteiger partial charge in [-0.1, -0.05) is 37.3 Å². The first kappa shape index (κ1) is 9.25. The van der Waals surface area contributed by atoms with E-state index in [4.69, 9.17) is 4.74 Å². The summed E-state index contributed by atoms with van der Waals surface area (Å²) in [6.07, 6.45) is 1.46. The van der Waals surface area contributed by atoms with Crippen LogP contribution < -0.4 is 0 Å². The Labute approximate surface area is 83.9 Å². The number of benzene rings is 1. The zero-order valence-corrected chi connectivity index (χ0v) is 8.27. The Balaban J connectivity index is 2.15. The molecule has 1 fully saturated rings. The predicted molar refractivity (Wildman–Crippen MR) is 53.7 cm³/mol. The topological polar surface area (TPSA) is 26.3 Å². The maximum absolute atomic E-state index is 11.2. The van der Waals surface area contributed by atoms with E-state index in [2.05, 4.69) is 6.92 Å². The molecule has 0 N–H and O–H groups in total. The van der Waals surface area contributed by atoms with Crippen LogP contribution in [0.3, 0.4) is 0 Å². The average molecular weight is 190 g/mol. The number of cyclic esters (lactones) is 1. The van der Waals surface area contributed by atoms with Gasteiger partial charge in [0, 0.05) is 6.42 Å². The first-order valence-electron chi connectivity index (χ1n) is 5.00. The fourth-order valence-corrected chi connectivity index (χ4v) is 1.86. The summed E-state index contributed by atoms with van der Waals surface area (Å²) < 4.78 is 5.30. The van der Waals surface area contributed by atoms with Crippen LogP contribution in [0.1, 0.15) is 31.4 Å². The van der Waals surface area contributed by atoms with Crippen molar-refractivity contribution in [3.8, 4) is 0 Å². The van der Waals surface area contributed by atoms with E-state index in [9.17, 15) is 4.79 Å². The van der Waals surface area contributed by atoms with E-state index >= 15 is 0 Å². The number of carbonyl (C=O) groups excluding carboxylic acids is 1. The van der Waals surface area contributed by atoms with Gasteiger partial charge in [0.15, 0.2) is 0 Å². The van der Waals surface area contributed by atoms with Crippen molar-refractivity contribution in [2.45, 2.75) is 25.9 Å². The Morgan fingerprint density at radius 2 is 2.00 bits per heavy atom. The minimum Gasteiger partial charge on any atom is -0.457 e. The smallest absolute Gasteiger partial charge is 0.306 e. The maximum atomic E-state index is 11.2. The van der Waals surface area contributed by atoms with Crippen LogP contribution in [-0.4, -0.2) is 5.97 Å². The second-order valence-corrected chi connectivity index (χ2v) is 3.93. The molecule has 0 aromatic heterocycles. The number of hydrogen-bond donors (Lipinski definition) is 0. The van der Waals surface area contributed by atoms with E-state index < -0.39 is 0 Å². The molecular weight excluding hydrogens is 176 g/mol. The van der Waals surface area contributed by atoms with Crippen molar-refractivity contribution in [3.63, 3.8) is 0 Å². The molecule has 0 amide bonds. The van der Waals surface area contributed by atoms with Gasteiger partial charge in [0.1, 0.15) is 6.10 Å². The SMILES string of the molecule is C[C@H]1CC(=O)O[C@H](c2ccccc2)C1. The van der Waals surface area contributed by atoms with Crippen LogP contribution in [0.2, 0.25) is 0 Å². The molecule has 0 spiro atoms. The highest BCUT2D eigenvalue weighted by molar-refractivity contribution is 5.70. The summed E-state index contributed by atoms with van der Waals surface area (Å²) in [6, 6.07) is 9.94. The van der Waals surface area contributed by atoms with Crippen LogP contribution >= 0.6 is 0 Å². The van der Waals surface area contributed by atoms with Gasteiger partial charge in [-0.15, -0.1) is 0 Å². The van der Waals surface area contributed by atoms with Crippen LogP contribution in [0.5, 0.6) is 0 Å². The van der Waals surface area contributed by atoms with E-state index in [1.54, 1.807) is 0 Å². The third-order valence-corrected chi connectivity index (χ3v) is 2.58. The fourth-order valence-electron chi connectivity index (χ4n) is 1.86. The van der Waals surface area contributed by atoms with Crippen molar-refractivity contribution >= 4 is 5.97 Å². The summed E-state index contributed by atoms with van der Waals surface area (Å²) in [5.41, 5.74) is 1.10. The summed E-state index contributed by atoms with van der Waals surface area (Å²) in [5, 5.41) is 0. The molecule has 1 heterocycles. The van der Waals surface area contributed by atoms with Crippen molar-refractivity contribution in [3.05, 3.63) is 35.9 Å². The molecule has 1 aliphatic rings. The van der Waals surface area contributed by atoms with Gasteiger partial charge in [-0.3, -0.25) is 4.79 Å². The summed E-state index contributed by atoms with van der Waals surface area (Å²) >= 11 is 0. The number of esters is 1. The van der Waals surface area contributed by atoms with E-state index in [1.807, 2.05) is 30.3 Å². The van der Waals surface area contributed by atoms with Gasteiger partial charge in [-0.05, 0) is 17.9 Å².